The van der Waals surface area contributed by atoms with Crippen LogP contribution in [0.1, 0.15) is 35.2 Å². The minimum Gasteiger partial charge on any atom is -0.313 e. The Kier molecular flexibility index (Phi) is 3.48. The van der Waals surface area contributed by atoms with Gasteiger partial charge in [0.05, 0.1) is 11.4 Å². The molecule has 0 bridgehead atoms. The van der Waals surface area contributed by atoms with Crippen LogP contribution in [0.2, 0.25) is 0 Å². The molecule has 6 rings (SSSR count). The summed E-state index contributed by atoms with van der Waals surface area (Å²) < 4.78 is 1.16. The van der Waals surface area contributed by atoms with E-state index < -0.39 is 0 Å². The molecule has 0 saturated carbocycles. The Morgan fingerprint density at radius 1 is 1.00 bits per heavy atom. The van der Waals surface area contributed by atoms with E-state index in [4.69, 9.17) is 0 Å². The molecule has 0 spiro atoms. The van der Waals surface area contributed by atoms with E-state index in [9.17, 15) is 0 Å². The van der Waals surface area contributed by atoms with Crippen molar-refractivity contribution in [2.45, 2.75) is 24.1 Å². The van der Waals surface area contributed by atoms with E-state index in [0.717, 1.165) is 23.7 Å². The van der Waals surface area contributed by atoms with Crippen molar-refractivity contribution in [1.29, 1.82) is 0 Å². The van der Waals surface area contributed by atoms with Gasteiger partial charge in [0.1, 0.15) is 0 Å². The second-order valence-electron chi connectivity index (χ2n) is 7.44. The summed E-state index contributed by atoms with van der Waals surface area (Å²) in [5.74, 6) is 0. The highest BCUT2D eigenvalue weighted by atomic mass is 79.9. The molecule has 3 heteroatoms. The van der Waals surface area contributed by atoms with Crippen LogP contribution < -0.4 is 4.90 Å². The van der Waals surface area contributed by atoms with Crippen molar-refractivity contribution in [3.8, 4) is 0 Å². The van der Waals surface area contributed by atoms with Crippen LogP contribution in [0.4, 0.5) is 5.69 Å². The molecule has 3 aliphatic rings. The zero-order valence-electron chi connectivity index (χ0n) is 14.7. The average molecular weight is 479 g/mol. The van der Waals surface area contributed by atoms with Gasteiger partial charge < -0.3 is 4.90 Å². The van der Waals surface area contributed by atoms with E-state index in [1.54, 1.807) is 0 Å². The minimum absolute atomic E-state index is 0.381. The van der Waals surface area contributed by atoms with Crippen LogP contribution >= 0.6 is 31.9 Å². The van der Waals surface area contributed by atoms with Crippen molar-refractivity contribution in [3.63, 3.8) is 0 Å². The number of benzene rings is 3. The van der Waals surface area contributed by atoms with Gasteiger partial charge in [-0.25, -0.2) is 0 Å². The molecule has 0 aromatic heterocycles. The first kappa shape index (κ1) is 16.1. The fraction of sp³-hybridized carbons (Fsp3) is 0.167. The molecule has 0 fully saturated rings. The number of hydrogen-bond donors (Lipinski definition) is 0. The first-order valence-electron chi connectivity index (χ1n) is 9.42. The van der Waals surface area contributed by atoms with E-state index in [0.29, 0.717) is 4.83 Å². The summed E-state index contributed by atoms with van der Waals surface area (Å²) in [6, 6.07) is 13.6. The van der Waals surface area contributed by atoms with Crippen molar-refractivity contribution in [3.05, 3.63) is 82.0 Å². The zero-order chi connectivity index (χ0) is 18.1. The van der Waals surface area contributed by atoms with Crippen LogP contribution in [-0.4, -0.2) is 0 Å². The van der Waals surface area contributed by atoms with Gasteiger partial charge in [-0.2, -0.15) is 0 Å². The number of hydrogen-bond acceptors (Lipinski definition) is 1. The second kappa shape index (κ2) is 5.83. The predicted octanol–water partition coefficient (Wildman–Crippen LogP) is 7.99. The summed E-state index contributed by atoms with van der Waals surface area (Å²) in [4.78, 5) is 2.90. The van der Waals surface area contributed by atoms with Gasteiger partial charge in [-0.05, 0) is 53.8 Å². The molecule has 0 amide bonds. The molecular weight excluding hydrogens is 462 g/mol. The maximum atomic E-state index is 3.92. The third-order valence-electron chi connectivity index (χ3n) is 5.99. The van der Waals surface area contributed by atoms with Gasteiger partial charge in [-0.3, -0.25) is 0 Å². The summed E-state index contributed by atoms with van der Waals surface area (Å²) in [5, 5.41) is 5.39. The van der Waals surface area contributed by atoms with Gasteiger partial charge in [0.15, 0.2) is 0 Å². The Labute approximate surface area is 175 Å². The Morgan fingerprint density at radius 3 is 2.74 bits per heavy atom. The quantitative estimate of drug-likeness (QED) is 0.253. The van der Waals surface area contributed by atoms with E-state index in [2.05, 4.69) is 97.5 Å². The number of allylic oxidation sites excluding steroid dienone is 5. The lowest BCUT2D eigenvalue weighted by atomic mass is 9.83. The molecule has 0 saturated heterocycles. The molecule has 3 aromatic rings. The van der Waals surface area contributed by atoms with Crippen LogP contribution in [0, 0.1) is 0 Å². The third-order valence-corrected chi connectivity index (χ3v) is 7.55. The fourth-order valence-electron chi connectivity index (χ4n) is 4.81. The largest absolute Gasteiger partial charge is 0.313 e. The van der Waals surface area contributed by atoms with Crippen molar-refractivity contribution in [2.24, 2.45) is 0 Å². The monoisotopic (exact) mass is 477 g/mol. The summed E-state index contributed by atoms with van der Waals surface area (Å²) in [5.41, 5.74) is 6.87. The molecule has 1 atom stereocenters. The highest BCUT2D eigenvalue weighted by molar-refractivity contribution is 9.10. The molecule has 1 heterocycles. The van der Waals surface area contributed by atoms with E-state index >= 15 is 0 Å². The lowest BCUT2D eigenvalue weighted by Gasteiger charge is -2.39. The molecule has 0 radical (unpaired) electrons. The van der Waals surface area contributed by atoms with Crippen molar-refractivity contribution in [2.75, 3.05) is 4.90 Å². The Balaban J connectivity index is 1.83. The van der Waals surface area contributed by atoms with Gasteiger partial charge >= 0.3 is 0 Å². The Bertz CT molecular complexity index is 1230. The van der Waals surface area contributed by atoms with Gasteiger partial charge in [0.2, 0.25) is 0 Å². The number of nitrogens with zero attached hydrogens (tertiary/aromatic N) is 1. The third kappa shape index (κ3) is 2.16. The lowest BCUT2D eigenvalue weighted by Crippen LogP contribution is -2.26. The van der Waals surface area contributed by atoms with Crippen LogP contribution in [-0.2, 0) is 0 Å². The first-order chi connectivity index (χ1) is 13.2. The second-order valence-corrected chi connectivity index (χ2v) is 9.40. The molecule has 1 aliphatic heterocycles. The van der Waals surface area contributed by atoms with Crippen LogP contribution in [0.25, 0.3) is 27.2 Å². The molecule has 1 unspecified atom stereocenters. The smallest absolute Gasteiger partial charge is 0.0544 e. The SMILES string of the molecule is Brc1ccc2c3c1ccc1ccc4c(c13)C(=CCC4Br)N2C1=CC=CCC1. The summed E-state index contributed by atoms with van der Waals surface area (Å²) in [6.07, 6.45) is 12.4. The molecule has 0 N–H and O–H groups in total. The van der Waals surface area contributed by atoms with Gasteiger partial charge in [-0.1, -0.05) is 74.4 Å². The molecular formula is C24H17Br2N. The van der Waals surface area contributed by atoms with E-state index in [-0.39, 0.29) is 0 Å². The van der Waals surface area contributed by atoms with Crippen molar-refractivity contribution >= 4 is 64.8 Å². The van der Waals surface area contributed by atoms with Crippen molar-refractivity contribution < 1.29 is 0 Å². The predicted molar refractivity (Wildman–Crippen MR) is 122 cm³/mol. The normalized spacial score (nSPS) is 20.4. The number of halogens is 2. The highest BCUT2D eigenvalue weighted by Gasteiger charge is 2.33. The Morgan fingerprint density at radius 2 is 1.89 bits per heavy atom. The molecule has 1 nitrogen and oxygen atoms in total. The fourth-order valence-corrected chi connectivity index (χ4v) is 5.84. The summed E-state index contributed by atoms with van der Waals surface area (Å²) >= 11 is 7.71. The topological polar surface area (TPSA) is 3.24 Å². The van der Waals surface area contributed by atoms with E-state index in [1.165, 1.54) is 49.8 Å². The maximum absolute atomic E-state index is 3.92. The minimum atomic E-state index is 0.381. The van der Waals surface area contributed by atoms with E-state index in [1.807, 2.05) is 0 Å². The Hall–Kier alpha value is -1.84. The summed E-state index contributed by atoms with van der Waals surface area (Å²) in [7, 11) is 0. The van der Waals surface area contributed by atoms with Crippen LogP contribution in [0.3, 0.4) is 0 Å². The van der Waals surface area contributed by atoms with Crippen LogP contribution in [0.15, 0.2) is 70.9 Å². The zero-order valence-corrected chi connectivity index (χ0v) is 17.8. The lowest BCUT2D eigenvalue weighted by molar-refractivity contribution is 0.903. The average Bonchev–Trinajstić information content (AvgIpc) is 2.71. The van der Waals surface area contributed by atoms with Gasteiger partial charge in [0.25, 0.3) is 0 Å². The highest BCUT2D eigenvalue weighted by Crippen LogP contribution is 2.53. The van der Waals surface area contributed by atoms with Crippen molar-refractivity contribution in [1.82, 2.24) is 0 Å². The maximum Gasteiger partial charge on any atom is 0.0544 e. The molecule has 27 heavy (non-hydrogen) atoms. The molecule has 132 valence electrons. The summed E-state index contributed by atoms with van der Waals surface area (Å²) in [6.45, 7) is 0. The molecule has 2 aliphatic carbocycles. The van der Waals surface area contributed by atoms with Gasteiger partial charge in [0, 0.05) is 31.3 Å². The van der Waals surface area contributed by atoms with Gasteiger partial charge in [-0.15, -0.1) is 0 Å². The first-order valence-corrected chi connectivity index (χ1v) is 11.1. The number of anilines is 1. The standard InChI is InChI=1S/C24H17Br2N/c25-18-10-12-20-23-16(18)8-6-14-7-9-17-19(26)11-13-21(24(17)22(14)23)27(20)15-4-2-1-3-5-15/h1-2,4,6-10,12-13,19H,3,5,11H2. The number of rotatable bonds is 1. The van der Waals surface area contributed by atoms with Crippen LogP contribution in [0.5, 0.6) is 0 Å². The number of alkyl halides is 1. The molecule has 3 aromatic carbocycles.